The van der Waals surface area contributed by atoms with Gasteiger partial charge in [-0.2, -0.15) is 0 Å². The first kappa shape index (κ1) is 28.1. The number of hydrogen-bond donors (Lipinski definition) is 3. The van der Waals surface area contributed by atoms with Gasteiger partial charge in [-0.15, -0.1) is 0 Å². The van der Waals surface area contributed by atoms with E-state index in [0.717, 1.165) is 41.6 Å². The molecular formula is C30H30Cl2N6O2. The van der Waals surface area contributed by atoms with Crippen LogP contribution in [0.2, 0.25) is 10.0 Å². The molecule has 1 aromatic carbocycles. The Morgan fingerprint density at radius 2 is 1.82 bits per heavy atom. The van der Waals surface area contributed by atoms with E-state index < -0.39 is 5.91 Å². The van der Waals surface area contributed by atoms with Crippen molar-refractivity contribution in [1.29, 1.82) is 0 Å². The molecule has 0 saturated carbocycles. The molecular weight excluding hydrogens is 547 g/mol. The average Bonchev–Trinajstić information content (AvgIpc) is 2.97. The zero-order valence-corrected chi connectivity index (χ0v) is 23.4. The summed E-state index contributed by atoms with van der Waals surface area (Å²) in [5.74, 6) is -0.442. The van der Waals surface area contributed by atoms with Gasteiger partial charge in [0, 0.05) is 44.4 Å². The van der Waals surface area contributed by atoms with Gasteiger partial charge >= 0.3 is 0 Å². The van der Waals surface area contributed by atoms with Gasteiger partial charge in [0.25, 0.3) is 5.91 Å². The molecule has 4 N–H and O–H groups in total. The van der Waals surface area contributed by atoms with Crippen LogP contribution in [-0.4, -0.2) is 30.9 Å². The number of aliphatic hydroxyl groups is 1. The Labute approximate surface area is 243 Å². The van der Waals surface area contributed by atoms with Gasteiger partial charge in [-0.25, -0.2) is 0 Å². The molecule has 3 aromatic heterocycles. The number of hydrogen-bond acceptors (Lipinski definition) is 7. The molecule has 0 saturated heterocycles. The van der Waals surface area contributed by atoms with Crippen LogP contribution >= 0.6 is 23.2 Å². The van der Waals surface area contributed by atoms with Crippen molar-refractivity contribution in [3.05, 3.63) is 117 Å². The van der Waals surface area contributed by atoms with Crippen LogP contribution < -0.4 is 11.1 Å². The van der Waals surface area contributed by atoms with Crippen LogP contribution in [0.4, 0.5) is 5.69 Å². The van der Waals surface area contributed by atoms with E-state index in [4.69, 9.17) is 33.9 Å². The molecule has 8 nitrogen and oxygen atoms in total. The number of carbonyl (C=O) groups excluding carboxylic acids is 1. The number of benzene rings is 1. The highest BCUT2D eigenvalue weighted by Gasteiger charge is 2.29. The van der Waals surface area contributed by atoms with Gasteiger partial charge in [0.05, 0.1) is 45.3 Å². The van der Waals surface area contributed by atoms with E-state index in [9.17, 15) is 9.90 Å². The molecule has 0 spiro atoms. The summed E-state index contributed by atoms with van der Waals surface area (Å²) in [6.45, 7) is 1.29. The molecule has 1 amide bonds. The van der Waals surface area contributed by atoms with E-state index in [1.165, 1.54) is 18.0 Å². The summed E-state index contributed by atoms with van der Waals surface area (Å²) in [5.41, 5.74) is 12.3. The minimum atomic E-state index is -0.442. The molecule has 40 heavy (non-hydrogen) atoms. The van der Waals surface area contributed by atoms with Crippen LogP contribution in [0.15, 0.2) is 67.3 Å². The lowest BCUT2D eigenvalue weighted by Gasteiger charge is -2.35. The first-order valence-electron chi connectivity index (χ1n) is 13.1. The van der Waals surface area contributed by atoms with E-state index in [-0.39, 0.29) is 28.3 Å². The van der Waals surface area contributed by atoms with Gasteiger partial charge in [-0.05, 0) is 59.7 Å². The maximum absolute atomic E-state index is 13.2. The van der Waals surface area contributed by atoms with Gasteiger partial charge in [0.1, 0.15) is 0 Å². The van der Waals surface area contributed by atoms with Crippen molar-refractivity contribution in [3.63, 3.8) is 0 Å². The Morgan fingerprint density at radius 1 is 1.05 bits per heavy atom. The van der Waals surface area contributed by atoms with E-state index in [1.54, 1.807) is 12.3 Å². The average molecular weight is 578 g/mol. The van der Waals surface area contributed by atoms with E-state index in [1.807, 2.05) is 36.5 Å². The third-order valence-corrected chi connectivity index (χ3v) is 7.80. The number of pyridine rings is 3. The first-order valence-corrected chi connectivity index (χ1v) is 13.9. The first-order chi connectivity index (χ1) is 19.5. The smallest absolute Gasteiger partial charge is 0.258 e. The fourth-order valence-electron chi connectivity index (χ4n) is 5.23. The summed E-state index contributed by atoms with van der Waals surface area (Å²) >= 11 is 12.5. The van der Waals surface area contributed by atoms with Gasteiger partial charge in [-0.3, -0.25) is 24.6 Å². The van der Waals surface area contributed by atoms with Crippen molar-refractivity contribution < 1.29 is 9.90 Å². The zero-order valence-electron chi connectivity index (χ0n) is 21.9. The molecule has 1 aliphatic rings. The molecule has 1 aliphatic carbocycles. The van der Waals surface area contributed by atoms with Crippen molar-refractivity contribution >= 4 is 34.8 Å². The third kappa shape index (κ3) is 6.16. The minimum Gasteiger partial charge on any atom is -0.392 e. The number of fused-ring (bicyclic) bond motifs is 1. The van der Waals surface area contributed by atoms with Crippen LogP contribution in [0.5, 0.6) is 0 Å². The number of aryl methyl sites for hydroxylation is 1. The fourth-order valence-corrected chi connectivity index (χ4v) is 5.76. The number of nitrogens with zero attached hydrogens (tertiary/aromatic N) is 4. The standard InChI is InChI=1S/C30H30Cl2N6O2/c31-23-14-34-15-24(32)28(23)30(40)37-25-6-3-10-35-26(25)17-38(16-21-9-8-19(13-33)12-22(21)18-39)27-7-1-4-20-5-2-11-36-29(20)27/h2-3,5-6,8-12,14-15,27,39H,1,4,7,13,16-18,33H2,(H,37,40). The van der Waals surface area contributed by atoms with Crippen LogP contribution in [0.25, 0.3) is 0 Å². The number of aliphatic hydroxyl groups excluding tert-OH is 1. The van der Waals surface area contributed by atoms with E-state index in [0.29, 0.717) is 31.0 Å². The van der Waals surface area contributed by atoms with Crippen molar-refractivity contribution in [2.75, 3.05) is 5.32 Å². The Morgan fingerprint density at radius 3 is 2.60 bits per heavy atom. The number of aromatic nitrogens is 3. The third-order valence-electron chi connectivity index (χ3n) is 7.23. The maximum atomic E-state index is 13.2. The van der Waals surface area contributed by atoms with Gasteiger partial charge in [0.2, 0.25) is 0 Å². The number of halogens is 2. The molecule has 10 heteroatoms. The second-order valence-electron chi connectivity index (χ2n) is 9.76. The number of nitrogens with two attached hydrogens (primary N) is 1. The normalized spacial score (nSPS) is 14.7. The molecule has 0 radical (unpaired) electrons. The van der Waals surface area contributed by atoms with E-state index >= 15 is 0 Å². The summed E-state index contributed by atoms with van der Waals surface area (Å²) in [4.78, 5) is 28.9. The molecule has 1 atom stereocenters. The van der Waals surface area contributed by atoms with Crippen molar-refractivity contribution in [2.24, 2.45) is 5.73 Å². The number of carbonyl (C=O) groups is 1. The molecule has 5 rings (SSSR count). The number of amides is 1. The highest BCUT2D eigenvalue weighted by Crippen LogP contribution is 2.36. The minimum absolute atomic E-state index is 0.0281. The summed E-state index contributed by atoms with van der Waals surface area (Å²) in [6.07, 6.45) is 9.25. The van der Waals surface area contributed by atoms with Crippen molar-refractivity contribution in [3.8, 4) is 0 Å². The van der Waals surface area contributed by atoms with Gasteiger partial charge in [-0.1, -0.05) is 47.5 Å². The number of anilines is 1. The lowest BCUT2D eigenvalue weighted by molar-refractivity contribution is 0.102. The lowest BCUT2D eigenvalue weighted by Crippen LogP contribution is -2.32. The van der Waals surface area contributed by atoms with Crippen LogP contribution in [0.3, 0.4) is 0 Å². The highest BCUT2D eigenvalue weighted by atomic mass is 35.5. The Bertz CT molecular complexity index is 1500. The Kier molecular flexibility index (Phi) is 9.04. The van der Waals surface area contributed by atoms with E-state index in [2.05, 4.69) is 26.3 Å². The molecule has 3 heterocycles. The summed E-state index contributed by atoms with van der Waals surface area (Å²) in [5, 5.41) is 13.4. The van der Waals surface area contributed by atoms with Gasteiger partial charge < -0.3 is 16.2 Å². The predicted octanol–water partition coefficient (Wildman–Crippen LogP) is 5.46. The highest BCUT2D eigenvalue weighted by molar-refractivity contribution is 6.40. The molecule has 0 bridgehead atoms. The van der Waals surface area contributed by atoms with Crippen LogP contribution in [-0.2, 0) is 32.7 Å². The summed E-state index contributed by atoms with van der Waals surface area (Å²) in [6, 6.07) is 13.7. The van der Waals surface area contributed by atoms with Gasteiger partial charge in [0.15, 0.2) is 0 Å². The molecule has 4 aromatic rings. The predicted molar refractivity (Wildman–Crippen MR) is 156 cm³/mol. The molecule has 0 aliphatic heterocycles. The lowest BCUT2D eigenvalue weighted by atomic mass is 9.90. The van der Waals surface area contributed by atoms with Crippen molar-refractivity contribution in [2.45, 2.75) is 51.5 Å². The molecule has 1 unspecified atom stereocenters. The quantitative estimate of drug-likeness (QED) is 0.242. The number of nitrogens with one attached hydrogen (secondary N) is 1. The monoisotopic (exact) mass is 576 g/mol. The van der Waals surface area contributed by atoms with Crippen molar-refractivity contribution in [1.82, 2.24) is 19.9 Å². The summed E-state index contributed by atoms with van der Waals surface area (Å²) < 4.78 is 0. The second kappa shape index (κ2) is 12.8. The largest absolute Gasteiger partial charge is 0.392 e. The second-order valence-corrected chi connectivity index (χ2v) is 10.6. The zero-order chi connectivity index (χ0) is 28.1. The SMILES string of the molecule is NCc1ccc(CN(Cc2ncccc2NC(=O)c2c(Cl)cncc2Cl)C2CCCc3cccnc32)c(CO)c1. The Balaban J connectivity index is 1.50. The molecule has 206 valence electrons. The number of rotatable bonds is 9. The van der Waals surface area contributed by atoms with Crippen LogP contribution in [0.1, 0.15) is 62.9 Å². The van der Waals surface area contributed by atoms with Crippen LogP contribution in [0, 0.1) is 0 Å². The Hall–Kier alpha value is -3.40. The fraction of sp³-hybridized carbons (Fsp3) is 0.267. The topological polar surface area (TPSA) is 117 Å². The maximum Gasteiger partial charge on any atom is 0.258 e. The molecule has 0 fully saturated rings. The summed E-state index contributed by atoms with van der Waals surface area (Å²) in [7, 11) is 0.